The van der Waals surface area contributed by atoms with Crippen molar-refractivity contribution >= 4 is 23.4 Å². The average Bonchev–Trinajstić information content (AvgIpc) is 3.38. The van der Waals surface area contributed by atoms with Crippen molar-refractivity contribution < 1.29 is 19.0 Å². The monoisotopic (exact) mass is 464 g/mol. The molecule has 1 unspecified atom stereocenters. The predicted molar refractivity (Wildman–Crippen MR) is 127 cm³/mol. The molecular weight excluding hydrogens is 436 g/mol. The van der Waals surface area contributed by atoms with Crippen LogP contribution in [-0.4, -0.2) is 91.6 Å². The summed E-state index contributed by atoms with van der Waals surface area (Å²) in [4.78, 5) is 30.5. The summed E-state index contributed by atoms with van der Waals surface area (Å²) in [5.74, 6) is 1.95. The van der Waals surface area contributed by atoms with Gasteiger partial charge in [0, 0.05) is 37.6 Å². The first-order valence-electron chi connectivity index (χ1n) is 11.5. The number of nitrogens with one attached hydrogen (secondary N) is 1. The summed E-state index contributed by atoms with van der Waals surface area (Å²) >= 11 is 0. The Morgan fingerprint density at radius 2 is 2.21 bits per heavy atom. The molecule has 4 heterocycles. The number of aromatic nitrogens is 1. The standard InChI is InChI=1S/C24H28N6O4/c1-3-29-11-12-33-17(14-29)15-34-19-7-6-18-20(21(19)32-2)27-24(30-10-9-26-22(18)30)28-23(31)16-5-4-8-25-13-16/h4-8,13,17H,3,9-12,14-15H2,1-2H3,(H,27,28,31). The number of carbonyl (C=O) groups is 1. The summed E-state index contributed by atoms with van der Waals surface area (Å²) < 4.78 is 17.7. The van der Waals surface area contributed by atoms with Crippen molar-refractivity contribution in [3.05, 3.63) is 47.8 Å². The molecule has 0 radical (unpaired) electrons. The van der Waals surface area contributed by atoms with Crippen LogP contribution in [0.1, 0.15) is 22.8 Å². The molecule has 0 aliphatic carbocycles. The van der Waals surface area contributed by atoms with Crippen molar-refractivity contribution in [3.8, 4) is 11.5 Å². The normalized spacial score (nSPS) is 19.6. The van der Waals surface area contributed by atoms with Gasteiger partial charge in [0.05, 0.1) is 25.8 Å². The first-order valence-corrected chi connectivity index (χ1v) is 11.5. The van der Waals surface area contributed by atoms with Gasteiger partial charge in [-0.05, 0) is 30.8 Å². The van der Waals surface area contributed by atoms with Crippen LogP contribution in [0.5, 0.6) is 11.5 Å². The summed E-state index contributed by atoms with van der Waals surface area (Å²) in [6, 6.07) is 7.25. The van der Waals surface area contributed by atoms with Crippen LogP contribution in [0, 0.1) is 0 Å². The molecule has 178 valence electrons. The molecule has 10 nitrogen and oxygen atoms in total. The number of likely N-dealkylation sites (N-methyl/N-ethyl adjacent to an activating group) is 1. The summed E-state index contributed by atoms with van der Waals surface area (Å²) in [6.07, 6.45) is 3.13. The van der Waals surface area contributed by atoms with Crippen LogP contribution < -0.4 is 14.8 Å². The first kappa shape index (κ1) is 22.3. The number of ether oxygens (including phenoxy) is 3. The molecule has 3 aliphatic rings. The minimum Gasteiger partial charge on any atom is -0.491 e. The van der Waals surface area contributed by atoms with E-state index in [1.807, 2.05) is 17.0 Å². The van der Waals surface area contributed by atoms with E-state index in [0.717, 1.165) is 31.0 Å². The van der Waals surface area contributed by atoms with E-state index in [-0.39, 0.29) is 12.0 Å². The van der Waals surface area contributed by atoms with Gasteiger partial charge in [-0.3, -0.25) is 29.9 Å². The number of morpholine rings is 1. The SMILES string of the molecule is CCN1CCOC(COc2ccc3c(c2OC)N=C(NC(=O)c2cccnc2)N2CCN=C32)C1. The second-order valence-electron chi connectivity index (χ2n) is 8.18. The highest BCUT2D eigenvalue weighted by molar-refractivity contribution is 6.20. The lowest BCUT2D eigenvalue weighted by Gasteiger charge is -2.32. The zero-order chi connectivity index (χ0) is 23.5. The van der Waals surface area contributed by atoms with Crippen molar-refractivity contribution in [2.45, 2.75) is 13.0 Å². The summed E-state index contributed by atoms with van der Waals surface area (Å²) in [5.41, 5.74) is 1.87. The van der Waals surface area contributed by atoms with Crippen molar-refractivity contribution in [1.29, 1.82) is 0 Å². The fourth-order valence-corrected chi connectivity index (χ4v) is 4.32. The number of guanidine groups is 1. The third-order valence-electron chi connectivity index (χ3n) is 6.10. The summed E-state index contributed by atoms with van der Waals surface area (Å²) in [6.45, 7) is 7.26. The molecule has 0 saturated carbocycles. The van der Waals surface area contributed by atoms with E-state index >= 15 is 0 Å². The van der Waals surface area contributed by atoms with Crippen LogP contribution in [0.3, 0.4) is 0 Å². The molecule has 1 atom stereocenters. The highest BCUT2D eigenvalue weighted by Crippen LogP contribution is 2.43. The quantitative estimate of drug-likeness (QED) is 0.694. The predicted octanol–water partition coefficient (Wildman–Crippen LogP) is 1.68. The van der Waals surface area contributed by atoms with Gasteiger partial charge in [0.25, 0.3) is 5.91 Å². The molecular formula is C24H28N6O4. The molecule has 0 bridgehead atoms. The Balaban J connectivity index is 1.42. The van der Waals surface area contributed by atoms with Gasteiger partial charge in [0.2, 0.25) is 5.96 Å². The van der Waals surface area contributed by atoms with E-state index in [1.165, 1.54) is 6.20 Å². The average molecular weight is 465 g/mol. The van der Waals surface area contributed by atoms with Gasteiger partial charge < -0.3 is 14.2 Å². The molecule has 2 aromatic rings. The molecule has 1 aromatic carbocycles. The van der Waals surface area contributed by atoms with Crippen LogP contribution in [0.25, 0.3) is 0 Å². The summed E-state index contributed by atoms with van der Waals surface area (Å²) in [5, 5.41) is 2.91. The van der Waals surface area contributed by atoms with Crippen LogP contribution in [0.15, 0.2) is 46.6 Å². The summed E-state index contributed by atoms with van der Waals surface area (Å²) in [7, 11) is 1.59. The van der Waals surface area contributed by atoms with E-state index in [0.29, 0.717) is 55.0 Å². The minimum absolute atomic E-state index is 0.0121. The molecule has 1 N–H and O–H groups in total. The van der Waals surface area contributed by atoms with Crippen molar-refractivity contribution in [1.82, 2.24) is 20.1 Å². The van der Waals surface area contributed by atoms with Crippen molar-refractivity contribution in [2.24, 2.45) is 9.98 Å². The van der Waals surface area contributed by atoms with Crippen LogP contribution in [0.4, 0.5) is 5.69 Å². The van der Waals surface area contributed by atoms with Gasteiger partial charge in [-0.25, -0.2) is 4.99 Å². The Morgan fingerprint density at radius 3 is 3.00 bits per heavy atom. The zero-order valence-electron chi connectivity index (χ0n) is 19.4. The Hall–Kier alpha value is -3.50. The van der Waals surface area contributed by atoms with Gasteiger partial charge in [-0.1, -0.05) is 6.92 Å². The lowest BCUT2D eigenvalue weighted by molar-refractivity contribution is -0.0466. The highest BCUT2D eigenvalue weighted by Gasteiger charge is 2.33. The maximum Gasteiger partial charge on any atom is 0.259 e. The number of aliphatic imine (C=N–C) groups is 2. The lowest BCUT2D eigenvalue weighted by atomic mass is 10.1. The maximum absolute atomic E-state index is 12.8. The molecule has 1 saturated heterocycles. The fourth-order valence-electron chi connectivity index (χ4n) is 4.32. The van der Waals surface area contributed by atoms with Gasteiger partial charge in [0.15, 0.2) is 11.5 Å². The third kappa shape index (κ3) is 4.34. The first-order chi connectivity index (χ1) is 16.7. The van der Waals surface area contributed by atoms with E-state index in [2.05, 4.69) is 27.1 Å². The van der Waals surface area contributed by atoms with E-state index in [9.17, 15) is 4.79 Å². The number of methoxy groups -OCH3 is 1. The number of rotatable bonds is 6. The third-order valence-corrected chi connectivity index (χ3v) is 6.10. The zero-order valence-corrected chi connectivity index (χ0v) is 19.4. The number of hydrogen-bond acceptors (Lipinski definition) is 9. The van der Waals surface area contributed by atoms with Gasteiger partial charge in [0.1, 0.15) is 24.2 Å². The van der Waals surface area contributed by atoms with E-state index in [1.54, 1.807) is 25.4 Å². The van der Waals surface area contributed by atoms with Gasteiger partial charge in [-0.2, -0.15) is 0 Å². The number of fused-ring (bicyclic) bond motifs is 3. The highest BCUT2D eigenvalue weighted by atomic mass is 16.5. The molecule has 34 heavy (non-hydrogen) atoms. The number of carbonyl (C=O) groups excluding carboxylic acids is 1. The van der Waals surface area contributed by atoms with Crippen molar-refractivity contribution in [2.75, 3.05) is 53.0 Å². The lowest BCUT2D eigenvalue weighted by Crippen LogP contribution is -2.47. The number of amides is 1. The minimum atomic E-state index is -0.289. The van der Waals surface area contributed by atoms with Gasteiger partial charge in [-0.15, -0.1) is 0 Å². The number of pyridine rings is 1. The largest absolute Gasteiger partial charge is 0.491 e. The Bertz CT molecular complexity index is 1120. The number of benzene rings is 1. The molecule has 1 aromatic heterocycles. The van der Waals surface area contributed by atoms with Crippen molar-refractivity contribution in [3.63, 3.8) is 0 Å². The van der Waals surface area contributed by atoms with Crippen LogP contribution in [-0.2, 0) is 4.74 Å². The van der Waals surface area contributed by atoms with Gasteiger partial charge >= 0.3 is 0 Å². The number of hydrogen-bond donors (Lipinski definition) is 1. The Morgan fingerprint density at radius 1 is 1.29 bits per heavy atom. The van der Waals surface area contributed by atoms with Crippen LogP contribution >= 0.6 is 0 Å². The topological polar surface area (TPSA) is 101 Å². The second-order valence-corrected chi connectivity index (χ2v) is 8.18. The fraction of sp³-hybridized carbons (Fsp3) is 0.417. The van der Waals surface area contributed by atoms with E-state index < -0.39 is 0 Å². The molecule has 0 spiro atoms. The van der Waals surface area contributed by atoms with E-state index in [4.69, 9.17) is 19.2 Å². The number of amidine groups is 1. The molecule has 3 aliphatic heterocycles. The maximum atomic E-state index is 12.8. The molecule has 5 rings (SSSR count). The molecule has 1 fully saturated rings. The Labute approximate surface area is 198 Å². The second kappa shape index (κ2) is 9.78. The molecule has 10 heteroatoms. The smallest absolute Gasteiger partial charge is 0.259 e. The molecule has 1 amide bonds. The Kier molecular flexibility index (Phi) is 6.41. The van der Waals surface area contributed by atoms with Crippen LogP contribution in [0.2, 0.25) is 0 Å². The number of nitrogens with zero attached hydrogens (tertiary/aromatic N) is 5.